The minimum absolute atomic E-state index is 0.173. The van der Waals surface area contributed by atoms with Crippen molar-refractivity contribution in [3.05, 3.63) is 69.7 Å². The molecule has 7 heteroatoms. The highest BCUT2D eigenvalue weighted by atomic mass is 35.5. The lowest BCUT2D eigenvalue weighted by Crippen LogP contribution is -2.53. The van der Waals surface area contributed by atoms with Crippen molar-refractivity contribution >= 4 is 35.1 Å². The second kappa shape index (κ2) is 9.61. The zero-order chi connectivity index (χ0) is 21.0. The molecule has 2 aromatic carbocycles. The van der Waals surface area contributed by atoms with Gasteiger partial charge in [0.05, 0.1) is 6.04 Å². The summed E-state index contributed by atoms with van der Waals surface area (Å²) < 4.78 is 5.92. The average molecular weight is 436 g/mol. The highest BCUT2D eigenvalue weighted by molar-refractivity contribution is 6.30. The van der Waals surface area contributed by atoms with Crippen molar-refractivity contribution in [2.24, 2.45) is 0 Å². The molecule has 1 amide bonds. The van der Waals surface area contributed by atoms with E-state index in [1.54, 1.807) is 24.3 Å². The summed E-state index contributed by atoms with van der Waals surface area (Å²) in [5.74, 6) is -1.35. The minimum atomic E-state index is -1.01. The minimum Gasteiger partial charge on any atom is -0.480 e. The molecule has 1 aliphatic rings. The normalized spacial score (nSPS) is 20.5. The number of morpholine rings is 1. The van der Waals surface area contributed by atoms with Gasteiger partial charge in [0.1, 0.15) is 18.8 Å². The highest BCUT2D eigenvalue weighted by Gasteiger charge is 2.44. The first-order chi connectivity index (χ1) is 13.9. The molecule has 0 bridgehead atoms. The standard InChI is InChI=1S/C22H23Cl2NO4/c1-2-3-4-18(22(27)28)25-19(26)13-29-21(15-7-11-17(24)12-8-15)20(25)14-5-9-16(23)10-6-14/h5-12,18,20-21H,2-4,13H2,1H3,(H,27,28)/t18-,20+,21-/m1/s1. The molecular formula is C22H23Cl2NO4. The van der Waals surface area contributed by atoms with Crippen LogP contribution in [0.3, 0.4) is 0 Å². The van der Waals surface area contributed by atoms with E-state index < -0.39 is 24.2 Å². The zero-order valence-corrected chi connectivity index (χ0v) is 17.6. The summed E-state index contributed by atoms with van der Waals surface area (Å²) in [6, 6.07) is 12.8. The van der Waals surface area contributed by atoms with E-state index in [0.717, 1.165) is 17.5 Å². The maximum Gasteiger partial charge on any atom is 0.326 e. The van der Waals surface area contributed by atoms with Crippen LogP contribution in [0.25, 0.3) is 0 Å². The Morgan fingerprint density at radius 3 is 2.17 bits per heavy atom. The number of hydrogen-bond donors (Lipinski definition) is 1. The predicted molar refractivity (Wildman–Crippen MR) is 112 cm³/mol. The molecule has 154 valence electrons. The maximum atomic E-state index is 12.9. The summed E-state index contributed by atoms with van der Waals surface area (Å²) in [6.07, 6.45) is 1.42. The number of amides is 1. The Morgan fingerprint density at radius 1 is 1.10 bits per heavy atom. The number of carbonyl (C=O) groups excluding carboxylic acids is 1. The third-order valence-electron chi connectivity index (χ3n) is 5.12. The number of unbranched alkanes of at least 4 members (excludes halogenated alkanes) is 1. The zero-order valence-electron chi connectivity index (χ0n) is 16.1. The summed E-state index contributed by atoms with van der Waals surface area (Å²) >= 11 is 12.1. The average Bonchev–Trinajstić information content (AvgIpc) is 2.70. The van der Waals surface area contributed by atoms with Crippen LogP contribution in [0.1, 0.15) is 49.5 Å². The van der Waals surface area contributed by atoms with Crippen LogP contribution in [-0.2, 0) is 14.3 Å². The van der Waals surface area contributed by atoms with Gasteiger partial charge in [-0.25, -0.2) is 4.79 Å². The van der Waals surface area contributed by atoms with E-state index >= 15 is 0 Å². The number of carboxylic acid groups (broad SMARTS) is 1. The summed E-state index contributed by atoms with van der Waals surface area (Å²) in [5, 5.41) is 11.1. The molecular weight excluding hydrogens is 413 g/mol. The van der Waals surface area contributed by atoms with Gasteiger partial charge in [-0.05, 0) is 41.8 Å². The van der Waals surface area contributed by atoms with Crippen molar-refractivity contribution < 1.29 is 19.4 Å². The smallest absolute Gasteiger partial charge is 0.326 e. The Bertz CT molecular complexity index is 854. The molecule has 0 saturated carbocycles. The first-order valence-corrected chi connectivity index (χ1v) is 10.3. The maximum absolute atomic E-state index is 12.9. The Labute approximate surface area is 180 Å². The van der Waals surface area contributed by atoms with Gasteiger partial charge in [-0.1, -0.05) is 67.2 Å². The van der Waals surface area contributed by atoms with Gasteiger partial charge in [-0.15, -0.1) is 0 Å². The van der Waals surface area contributed by atoms with Crippen LogP contribution >= 0.6 is 23.2 Å². The number of carbonyl (C=O) groups is 2. The van der Waals surface area contributed by atoms with Crippen LogP contribution in [0, 0.1) is 0 Å². The van der Waals surface area contributed by atoms with Crippen molar-refractivity contribution in [2.75, 3.05) is 6.61 Å². The van der Waals surface area contributed by atoms with Crippen LogP contribution in [0.2, 0.25) is 10.0 Å². The number of benzene rings is 2. The monoisotopic (exact) mass is 435 g/mol. The number of ether oxygens (including phenoxy) is 1. The predicted octanol–water partition coefficient (Wildman–Crippen LogP) is 5.28. The Kier molecular flexibility index (Phi) is 7.17. The number of nitrogens with zero attached hydrogens (tertiary/aromatic N) is 1. The quantitative estimate of drug-likeness (QED) is 0.642. The van der Waals surface area contributed by atoms with Gasteiger partial charge in [0.2, 0.25) is 5.91 Å². The molecule has 2 aromatic rings. The molecule has 0 aliphatic carbocycles. The van der Waals surface area contributed by atoms with E-state index in [2.05, 4.69) is 0 Å². The van der Waals surface area contributed by atoms with Crippen LogP contribution in [-0.4, -0.2) is 34.5 Å². The number of carboxylic acids is 1. The third kappa shape index (κ3) is 4.92. The lowest BCUT2D eigenvalue weighted by atomic mass is 9.90. The third-order valence-corrected chi connectivity index (χ3v) is 5.63. The molecule has 3 atom stereocenters. The van der Waals surface area contributed by atoms with Gasteiger partial charge in [0.25, 0.3) is 0 Å². The molecule has 1 aliphatic heterocycles. The van der Waals surface area contributed by atoms with Crippen LogP contribution in [0.15, 0.2) is 48.5 Å². The summed E-state index contributed by atoms with van der Waals surface area (Å²) in [5.41, 5.74) is 1.59. The second-order valence-corrected chi connectivity index (χ2v) is 7.95. The van der Waals surface area contributed by atoms with Gasteiger partial charge in [0.15, 0.2) is 0 Å². The fraction of sp³-hybridized carbons (Fsp3) is 0.364. The van der Waals surface area contributed by atoms with E-state index in [0.29, 0.717) is 22.9 Å². The van der Waals surface area contributed by atoms with Crippen molar-refractivity contribution in [1.82, 2.24) is 4.90 Å². The lowest BCUT2D eigenvalue weighted by Gasteiger charge is -2.44. The summed E-state index contributed by atoms with van der Waals surface area (Å²) in [7, 11) is 0. The Balaban J connectivity index is 2.09. The van der Waals surface area contributed by atoms with Gasteiger partial charge in [-0.3, -0.25) is 4.79 Å². The first kappa shape index (κ1) is 21.6. The largest absolute Gasteiger partial charge is 0.480 e. The molecule has 1 heterocycles. The van der Waals surface area contributed by atoms with E-state index in [4.69, 9.17) is 27.9 Å². The molecule has 1 N–H and O–H groups in total. The molecule has 5 nitrogen and oxygen atoms in total. The van der Waals surface area contributed by atoms with Gasteiger partial charge >= 0.3 is 5.97 Å². The Morgan fingerprint density at radius 2 is 1.66 bits per heavy atom. The topological polar surface area (TPSA) is 66.8 Å². The van der Waals surface area contributed by atoms with Crippen molar-refractivity contribution in [2.45, 2.75) is 44.4 Å². The van der Waals surface area contributed by atoms with Crippen LogP contribution in [0.4, 0.5) is 0 Å². The van der Waals surface area contributed by atoms with Gasteiger partial charge < -0.3 is 14.7 Å². The highest BCUT2D eigenvalue weighted by Crippen LogP contribution is 2.42. The first-order valence-electron chi connectivity index (χ1n) is 9.59. The number of hydrogen-bond acceptors (Lipinski definition) is 3. The molecule has 3 rings (SSSR count). The van der Waals surface area contributed by atoms with Crippen LogP contribution < -0.4 is 0 Å². The second-order valence-electron chi connectivity index (χ2n) is 7.08. The summed E-state index contributed by atoms with van der Waals surface area (Å²) in [4.78, 5) is 26.4. The van der Waals surface area contributed by atoms with E-state index in [1.807, 2.05) is 31.2 Å². The number of halogens is 2. The Hall–Kier alpha value is -2.08. The lowest BCUT2D eigenvalue weighted by molar-refractivity contribution is -0.171. The molecule has 0 aromatic heterocycles. The molecule has 0 unspecified atom stereocenters. The molecule has 1 fully saturated rings. The van der Waals surface area contributed by atoms with E-state index in [9.17, 15) is 14.7 Å². The molecule has 0 radical (unpaired) electrons. The van der Waals surface area contributed by atoms with Crippen molar-refractivity contribution in [3.63, 3.8) is 0 Å². The molecule has 1 saturated heterocycles. The molecule has 29 heavy (non-hydrogen) atoms. The molecule has 0 spiro atoms. The van der Waals surface area contributed by atoms with Crippen molar-refractivity contribution in [1.29, 1.82) is 0 Å². The van der Waals surface area contributed by atoms with Crippen molar-refractivity contribution in [3.8, 4) is 0 Å². The SMILES string of the molecule is CCCC[C@H](C(=O)O)N1C(=O)CO[C@H](c2ccc(Cl)cc2)[C@@H]1c1ccc(Cl)cc1. The summed E-state index contributed by atoms with van der Waals surface area (Å²) in [6.45, 7) is 1.82. The van der Waals surface area contributed by atoms with Crippen LogP contribution in [0.5, 0.6) is 0 Å². The van der Waals surface area contributed by atoms with E-state index in [-0.39, 0.29) is 12.5 Å². The fourth-order valence-corrected chi connectivity index (χ4v) is 3.95. The van der Waals surface area contributed by atoms with Gasteiger partial charge in [0, 0.05) is 10.0 Å². The fourth-order valence-electron chi connectivity index (χ4n) is 3.70. The van der Waals surface area contributed by atoms with Gasteiger partial charge in [-0.2, -0.15) is 0 Å². The number of aliphatic carboxylic acids is 1. The van der Waals surface area contributed by atoms with E-state index in [1.165, 1.54) is 4.90 Å². The number of rotatable bonds is 7.